The summed E-state index contributed by atoms with van der Waals surface area (Å²) in [5, 5.41) is 6.20. The van der Waals surface area contributed by atoms with Gasteiger partial charge in [-0.15, -0.1) is 11.6 Å². The van der Waals surface area contributed by atoms with Gasteiger partial charge in [-0.1, -0.05) is 0 Å². The molecule has 0 bridgehead atoms. The summed E-state index contributed by atoms with van der Waals surface area (Å²) >= 11 is 5.32. The molecule has 1 aliphatic carbocycles. The Balaban J connectivity index is 1.96. The number of hydrogen-bond donors (Lipinski definition) is 1. The Morgan fingerprint density at radius 3 is 2.75 bits per heavy atom. The van der Waals surface area contributed by atoms with Crippen molar-refractivity contribution in [2.24, 2.45) is 0 Å². The Kier molecular flexibility index (Phi) is 4.57. The van der Waals surface area contributed by atoms with E-state index in [-0.39, 0.29) is 17.7 Å². The van der Waals surface area contributed by atoms with Crippen LogP contribution in [0.25, 0.3) is 0 Å². The molecule has 8 heteroatoms. The van der Waals surface area contributed by atoms with E-state index in [9.17, 15) is 18.0 Å². The van der Waals surface area contributed by atoms with E-state index >= 15 is 0 Å². The quantitative estimate of drug-likeness (QED) is 0.648. The molecule has 0 spiro atoms. The molecule has 1 saturated carbocycles. The zero-order chi connectivity index (χ0) is 14.8. The van der Waals surface area contributed by atoms with Crippen LogP contribution in [0.2, 0.25) is 0 Å². The monoisotopic (exact) mass is 309 g/mol. The first-order chi connectivity index (χ1) is 9.41. The maximum atomic E-state index is 12.7. The number of nitrogens with zero attached hydrogens (tertiary/aromatic N) is 2. The molecule has 20 heavy (non-hydrogen) atoms. The Bertz CT molecular complexity index is 483. The molecule has 0 aliphatic heterocycles. The van der Waals surface area contributed by atoms with Crippen LogP contribution in [0.1, 0.15) is 36.6 Å². The fraction of sp³-hybridized carbons (Fsp3) is 0.667. The highest BCUT2D eigenvalue weighted by Gasteiger charge is 2.37. The third-order valence-corrected chi connectivity index (χ3v) is 3.33. The highest BCUT2D eigenvalue weighted by Crippen LogP contribution is 2.42. The standard InChI is InChI=1S/C12H15ClF3N3O/c13-7-11(20)17-4-1-5-19-9(8-2-3-8)6-10(18-19)12(14,15)16/h6,8H,1-5,7H2,(H,17,20). The average molecular weight is 310 g/mol. The number of aryl methyl sites for hydroxylation is 1. The summed E-state index contributed by atoms with van der Waals surface area (Å²) in [6.45, 7) is 0.724. The Morgan fingerprint density at radius 2 is 2.20 bits per heavy atom. The number of nitrogens with one attached hydrogen (secondary N) is 1. The first-order valence-electron chi connectivity index (χ1n) is 6.39. The topological polar surface area (TPSA) is 46.9 Å². The second-order valence-electron chi connectivity index (χ2n) is 4.79. The number of amides is 1. The molecule has 1 aromatic heterocycles. The van der Waals surface area contributed by atoms with Crippen molar-refractivity contribution in [1.29, 1.82) is 0 Å². The summed E-state index contributed by atoms with van der Waals surface area (Å²) in [4.78, 5) is 10.9. The van der Waals surface area contributed by atoms with E-state index in [1.165, 1.54) is 4.68 Å². The number of hydrogen-bond acceptors (Lipinski definition) is 2. The number of alkyl halides is 4. The molecular weight excluding hydrogens is 295 g/mol. The predicted octanol–water partition coefficient (Wildman–Crippen LogP) is 2.52. The van der Waals surface area contributed by atoms with Gasteiger partial charge in [-0.2, -0.15) is 18.3 Å². The van der Waals surface area contributed by atoms with E-state index < -0.39 is 11.9 Å². The minimum atomic E-state index is -4.41. The first-order valence-corrected chi connectivity index (χ1v) is 6.93. The van der Waals surface area contributed by atoms with Gasteiger partial charge in [0.15, 0.2) is 5.69 Å². The van der Waals surface area contributed by atoms with E-state index in [4.69, 9.17) is 11.6 Å². The Hall–Kier alpha value is -1.24. The predicted molar refractivity (Wildman–Crippen MR) is 67.6 cm³/mol. The normalized spacial score (nSPS) is 15.4. The molecule has 0 atom stereocenters. The maximum Gasteiger partial charge on any atom is 0.435 e. The molecule has 1 aromatic rings. The minimum Gasteiger partial charge on any atom is -0.355 e. The third kappa shape index (κ3) is 3.88. The molecule has 112 valence electrons. The number of carbonyl (C=O) groups excluding carboxylic acids is 1. The molecule has 1 fully saturated rings. The van der Waals surface area contributed by atoms with Crippen LogP contribution in [0, 0.1) is 0 Å². The van der Waals surface area contributed by atoms with Gasteiger partial charge >= 0.3 is 6.18 Å². The van der Waals surface area contributed by atoms with E-state index in [2.05, 4.69) is 10.4 Å². The Labute approximate surface area is 119 Å². The lowest BCUT2D eigenvalue weighted by molar-refractivity contribution is -0.141. The van der Waals surface area contributed by atoms with Gasteiger partial charge in [-0.3, -0.25) is 9.48 Å². The van der Waals surface area contributed by atoms with Crippen LogP contribution < -0.4 is 5.32 Å². The van der Waals surface area contributed by atoms with Crippen LogP contribution in [-0.4, -0.2) is 28.1 Å². The number of carbonyl (C=O) groups is 1. The second-order valence-corrected chi connectivity index (χ2v) is 5.05. The summed E-state index contributed by atoms with van der Waals surface area (Å²) in [5.41, 5.74) is -0.204. The summed E-state index contributed by atoms with van der Waals surface area (Å²) in [6, 6.07) is 1.13. The van der Waals surface area contributed by atoms with E-state index in [0.717, 1.165) is 18.9 Å². The van der Waals surface area contributed by atoms with Crippen molar-refractivity contribution in [3.63, 3.8) is 0 Å². The van der Waals surface area contributed by atoms with Gasteiger partial charge in [-0.25, -0.2) is 0 Å². The van der Waals surface area contributed by atoms with Gasteiger partial charge in [-0.05, 0) is 25.3 Å². The average Bonchev–Trinajstić information content (AvgIpc) is 3.13. The van der Waals surface area contributed by atoms with E-state index in [1.807, 2.05) is 0 Å². The fourth-order valence-electron chi connectivity index (χ4n) is 1.96. The molecule has 1 amide bonds. The highest BCUT2D eigenvalue weighted by molar-refractivity contribution is 6.27. The van der Waals surface area contributed by atoms with Gasteiger partial charge in [0.2, 0.25) is 5.91 Å². The number of aromatic nitrogens is 2. The van der Waals surface area contributed by atoms with Gasteiger partial charge in [0.05, 0.1) is 0 Å². The molecule has 0 aromatic carbocycles. The third-order valence-electron chi connectivity index (χ3n) is 3.09. The van der Waals surface area contributed by atoms with Gasteiger partial charge in [0.25, 0.3) is 0 Å². The second kappa shape index (κ2) is 6.03. The lowest BCUT2D eigenvalue weighted by Crippen LogP contribution is -2.26. The number of rotatable bonds is 6. The molecular formula is C12H15ClF3N3O. The van der Waals surface area contributed by atoms with Crippen LogP contribution in [0.5, 0.6) is 0 Å². The molecule has 0 radical (unpaired) electrons. The molecule has 1 N–H and O–H groups in total. The van der Waals surface area contributed by atoms with Crippen molar-refractivity contribution in [2.75, 3.05) is 12.4 Å². The van der Waals surface area contributed by atoms with Crippen LogP contribution in [-0.2, 0) is 17.5 Å². The molecule has 4 nitrogen and oxygen atoms in total. The van der Waals surface area contributed by atoms with Crippen molar-refractivity contribution in [3.05, 3.63) is 17.5 Å². The zero-order valence-corrected chi connectivity index (χ0v) is 11.5. The van der Waals surface area contributed by atoms with Crippen LogP contribution in [0.4, 0.5) is 13.2 Å². The van der Waals surface area contributed by atoms with Gasteiger partial charge in [0, 0.05) is 24.7 Å². The van der Waals surface area contributed by atoms with Crippen LogP contribution in [0.15, 0.2) is 6.07 Å². The largest absolute Gasteiger partial charge is 0.435 e. The highest BCUT2D eigenvalue weighted by atomic mass is 35.5. The van der Waals surface area contributed by atoms with Crippen molar-refractivity contribution < 1.29 is 18.0 Å². The SMILES string of the molecule is O=C(CCl)NCCCn1nc(C(F)(F)F)cc1C1CC1. The fourth-order valence-corrected chi connectivity index (χ4v) is 2.05. The summed E-state index contributed by atoms with van der Waals surface area (Å²) in [6.07, 6.45) is -2.08. The molecule has 2 rings (SSSR count). The lowest BCUT2D eigenvalue weighted by Gasteiger charge is -2.07. The summed E-state index contributed by atoms with van der Waals surface area (Å²) in [7, 11) is 0. The van der Waals surface area contributed by atoms with Crippen molar-refractivity contribution in [3.8, 4) is 0 Å². The van der Waals surface area contributed by atoms with Gasteiger partial charge in [0.1, 0.15) is 5.88 Å². The summed E-state index contributed by atoms with van der Waals surface area (Å²) in [5.74, 6) is -0.214. The van der Waals surface area contributed by atoms with Crippen molar-refractivity contribution in [1.82, 2.24) is 15.1 Å². The number of halogens is 4. The first kappa shape index (κ1) is 15.2. The van der Waals surface area contributed by atoms with Crippen molar-refractivity contribution in [2.45, 2.75) is 37.9 Å². The molecule has 1 aliphatic rings. The van der Waals surface area contributed by atoms with Gasteiger partial charge < -0.3 is 5.32 Å². The maximum absolute atomic E-state index is 12.7. The van der Waals surface area contributed by atoms with Crippen LogP contribution >= 0.6 is 11.6 Å². The molecule has 1 heterocycles. The van der Waals surface area contributed by atoms with Crippen molar-refractivity contribution >= 4 is 17.5 Å². The molecule has 0 unspecified atom stereocenters. The summed E-state index contributed by atoms with van der Waals surface area (Å²) < 4.78 is 39.4. The lowest BCUT2D eigenvalue weighted by atomic mass is 10.2. The minimum absolute atomic E-state index is 0.118. The molecule has 0 saturated heterocycles. The van der Waals surface area contributed by atoms with E-state index in [1.54, 1.807) is 0 Å². The smallest absolute Gasteiger partial charge is 0.355 e. The Morgan fingerprint density at radius 1 is 1.50 bits per heavy atom. The van der Waals surface area contributed by atoms with Crippen LogP contribution in [0.3, 0.4) is 0 Å². The van der Waals surface area contributed by atoms with E-state index in [0.29, 0.717) is 25.2 Å². The zero-order valence-electron chi connectivity index (χ0n) is 10.7.